The molecule has 0 radical (unpaired) electrons. The number of nitrogens with zero attached hydrogens (tertiary/aromatic N) is 2. The van der Waals surface area contributed by atoms with Crippen LogP contribution in [0.1, 0.15) is 72.7 Å². The van der Waals surface area contributed by atoms with Gasteiger partial charge in [-0.2, -0.15) is 0 Å². The van der Waals surface area contributed by atoms with Crippen LogP contribution in [-0.2, 0) is 5.54 Å². The van der Waals surface area contributed by atoms with Crippen LogP contribution in [0.2, 0.25) is 0 Å². The highest BCUT2D eigenvalue weighted by Crippen LogP contribution is 2.40. The van der Waals surface area contributed by atoms with Gasteiger partial charge in [0.25, 0.3) is 0 Å². The molecule has 2 atom stereocenters. The van der Waals surface area contributed by atoms with Crippen molar-refractivity contribution in [2.75, 3.05) is 5.73 Å². The molecule has 2 aliphatic heterocycles. The van der Waals surface area contributed by atoms with Crippen molar-refractivity contribution in [3.05, 3.63) is 119 Å². The first kappa shape index (κ1) is 22.7. The number of allylic oxidation sites excluding steroid dienone is 2. The minimum absolute atomic E-state index is 0.138. The van der Waals surface area contributed by atoms with Gasteiger partial charge in [-0.1, -0.05) is 60.7 Å². The first-order valence-corrected chi connectivity index (χ1v) is 13.0. The summed E-state index contributed by atoms with van der Waals surface area (Å²) in [5.41, 5.74) is 20.7. The van der Waals surface area contributed by atoms with Crippen molar-refractivity contribution in [3.8, 4) is 0 Å². The summed E-state index contributed by atoms with van der Waals surface area (Å²) in [4.78, 5) is 9.53. The van der Waals surface area contributed by atoms with E-state index in [-0.39, 0.29) is 11.6 Å². The molecule has 36 heavy (non-hydrogen) atoms. The Morgan fingerprint density at radius 3 is 2.44 bits per heavy atom. The van der Waals surface area contributed by atoms with Crippen molar-refractivity contribution < 1.29 is 0 Å². The number of hydrogen-bond donors (Lipinski definition) is 3. The van der Waals surface area contributed by atoms with Crippen molar-refractivity contribution in [1.82, 2.24) is 10.3 Å². The fourth-order valence-corrected chi connectivity index (χ4v) is 5.65. The predicted octanol–water partition coefficient (Wildman–Crippen LogP) is 5.87. The zero-order chi connectivity index (χ0) is 24.5. The van der Waals surface area contributed by atoms with E-state index in [2.05, 4.69) is 77.1 Å². The van der Waals surface area contributed by atoms with Crippen molar-refractivity contribution in [2.45, 2.75) is 56.0 Å². The molecule has 3 heterocycles. The zero-order valence-corrected chi connectivity index (χ0v) is 20.5. The van der Waals surface area contributed by atoms with E-state index in [0.29, 0.717) is 11.7 Å². The summed E-state index contributed by atoms with van der Waals surface area (Å²) in [5.74, 6) is 0.850. The highest BCUT2D eigenvalue weighted by Gasteiger charge is 2.34. The summed E-state index contributed by atoms with van der Waals surface area (Å²) >= 11 is 0. The van der Waals surface area contributed by atoms with E-state index in [4.69, 9.17) is 16.5 Å². The van der Waals surface area contributed by atoms with Gasteiger partial charge in [0.1, 0.15) is 5.82 Å². The minimum Gasteiger partial charge on any atom is -0.383 e. The van der Waals surface area contributed by atoms with Crippen LogP contribution in [0.3, 0.4) is 0 Å². The van der Waals surface area contributed by atoms with Crippen LogP contribution in [0, 0.1) is 0 Å². The van der Waals surface area contributed by atoms with E-state index in [1.165, 1.54) is 28.8 Å². The van der Waals surface area contributed by atoms with Crippen LogP contribution in [0.15, 0.2) is 101 Å². The maximum Gasteiger partial charge on any atom is 0.132 e. The number of aliphatic imine (C=N–C) groups is 1. The lowest BCUT2D eigenvalue weighted by atomic mass is 9.72. The van der Waals surface area contributed by atoms with Crippen LogP contribution < -0.4 is 16.8 Å². The number of benzene rings is 2. The van der Waals surface area contributed by atoms with Crippen LogP contribution in [0.25, 0.3) is 0 Å². The zero-order valence-electron chi connectivity index (χ0n) is 20.5. The molecule has 1 aromatic heterocycles. The van der Waals surface area contributed by atoms with Crippen molar-refractivity contribution >= 4 is 11.5 Å². The molecule has 6 rings (SSSR count). The van der Waals surface area contributed by atoms with E-state index in [9.17, 15) is 0 Å². The Labute approximate surface area is 213 Å². The normalized spacial score (nSPS) is 23.0. The predicted molar refractivity (Wildman–Crippen MR) is 146 cm³/mol. The van der Waals surface area contributed by atoms with E-state index >= 15 is 0 Å². The molecule has 0 saturated heterocycles. The molecule has 0 spiro atoms. The quantitative estimate of drug-likeness (QED) is 0.440. The molecule has 5 heteroatoms. The third-order valence-electron chi connectivity index (χ3n) is 8.03. The molecular formula is C31H33N5. The van der Waals surface area contributed by atoms with Gasteiger partial charge in [-0.3, -0.25) is 4.99 Å². The van der Waals surface area contributed by atoms with Crippen LogP contribution in [0.4, 0.5) is 5.82 Å². The highest BCUT2D eigenvalue weighted by molar-refractivity contribution is 6.05. The molecule has 2 unspecified atom stereocenters. The van der Waals surface area contributed by atoms with Crippen molar-refractivity contribution in [2.24, 2.45) is 10.7 Å². The van der Waals surface area contributed by atoms with Gasteiger partial charge < -0.3 is 16.8 Å². The number of aromatic nitrogens is 1. The van der Waals surface area contributed by atoms with E-state index in [1.54, 1.807) is 6.20 Å². The average molecular weight is 476 g/mol. The van der Waals surface area contributed by atoms with Gasteiger partial charge >= 0.3 is 0 Å². The molecule has 0 bridgehead atoms. The first-order chi connectivity index (χ1) is 17.6. The largest absolute Gasteiger partial charge is 0.383 e. The van der Waals surface area contributed by atoms with Gasteiger partial charge in [0.15, 0.2) is 0 Å². The number of rotatable bonds is 4. The fraction of sp³-hybridized carbons (Fsp3) is 0.290. The SMILES string of the molecule is Nc1ncccc1C1=NC2=C(CCC(c3ccc(C4(N)CCC4)cc3)C1)NC(c1ccccc1)C=C2. The van der Waals surface area contributed by atoms with E-state index in [1.807, 2.05) is 12.1 Å². The van der Waals surface area contributed by atoms with Crippen LogP contribution in [-0.4, -0.2) is 10.7 Å². The third-order valence-corrected chi connectivity index (χ3v) is 8.03. The van der Waals surface area contributed by atoms with Crippen LogP contribution in [0.5, 0.6) is 0 Å². The molecule has 5 nitrogen and oxygen atoms in total. The smallest absolute Gasteiger partial charge is 0.132 e. The number of anilines is 1. The molecule has 182 valence electrons. The van der Waals surface area contributed by atoms with Crippen molar-refractivity contribution in [3.63, 3.8) is 0 Å². The van der Waals surface area contributed by atoms with Gasteiger partial charge in [-0.25, -0.2) is 4.98 Å². The molecule has 3 aromatic rings. The molecule has 3 aliphatic rings. The van der Waals surface area contributed by atoms with Crippen LogP contribution >= 0.6 is 0 Å². The summed E-state index contributed by atoms with van der Waals surface area (Å²) in [6.07, 6.45) is 12.2. The maximum atomic E-state index is 6.59. The lowest BCUT2D eigenvalue weighted by molar-refractivity contribution is 0.253. The monoisotopic (exact) mass is 475 g/mol. The Bertz CT molecular complexity index is 1330. The summed E-state index contributed by atoms with van der Waals surface area (Å²) in [6, 6.07) is 23.7. The second-order valence-electron chi connectivity index (χ2n) is 10.3. The highest BCUT2D eigenvalue weighted by atomic mass is 15.0. The van der Waals surface area contributed by atoms with E-state index < -0.39 is 0 Å². The molecule has 1 aliphatic carbocycles. The number of nitrogens with one attached hydrogen (secondary N) is 1. The van der Waals surface area contributed by atoms with E-state index in [0.717, 1.165) is 49.1 Å². The third kappa shape index (κ3) is 4.35. The molecule has 5 N–H and O–H groups in total. The summed E-state index contributed by atoms with van der Waals surface area (Å²) < 4.78 is 0. The van der Waals surface area contributed by atoms with Crippen molar-refractivity contribution in [1.29, 1.82) is 0 Å². The summed E-state index contributed by atoms with van der Waals surface area (Å²) in [6.45, 7) is 0. The number of dihydropyridines is 1. The second-order valence-corrected chi connectivity index (χ2v) is 10.3. The van der Waals surface area contributed by atoms with Gasteiger partial charge in [0, 0.05) is 23.0 Å². The lowest BCUT2D eigenvalue weighted by Gasteiger charge is -2.38. The van der Waals surface area contributed by atoms with Gasteiger partial charge in [-0.05, 0) is 79.3 Å². The molecule has 1 saturated carbocycles. The standard InChI is InChI=1S/C31H33N5/c32-30-25(8-4-19-34-30)29-20-23(21-9-12-24(13-10-21)31(33)17-5-18-31)11-14-27-28(36-29)16-15-26(35-27)22-6-2-1-3-7-22/h1-4,6-10,12-13,15-16,19,23,26,35H,5,11,14,17-18,20,33H2,(H2,32,34). The Balaban J connectivity index is 1.34. The number of hydrogen-bond acceptors (Lipinski definition) is 5. The number of nitrogen functional groups attached to an aromatic ring is 1. The summed E-state index contributed by atoms with van der Waals surface area (Å²) in [5, 5.41) is 3.76. The van der Waals surface area contributed by atoms with Gasteiger partial charge in [0.05, 0.1) is 17.5 Å². The fourth-order valence-electron chi connectivity index (χ4n) is 5.65. The molecule has 2 aromatic carbocycles. The number of nitrogens with two attached hydrogens (primary N) is 2. The minimum atomic E-state index is -0.138. The Kier molecular flexibility index (Phi) is 5.94. The lowest BCUT2D eigenvalue weighted by Crippen LogP contribution is -2.43. The van der Waals surface area contributed by atoms with Gasteiger partial charge in [0.2, 0.25) is 0 Å². The maximum absolute atomic E-state index is 6.59. The first-order valence-electron chi connectivity index (χ1n) is 13.0. The Hall–Kier alpha value is -3.70. The molecular weight excluding hydrogens is 442 g/mol. The Morgan fingerprint density at radius 1 is 0.917 bits per heavy atom. The number of pyridine rings is 1. The summed E-state index contributed by atoms with van der Waals surface area (Å²) in [7, 11) is 0. The second kappa shape index (κ2) is 9.40. The molecule has 1 fully saturated rings. The average Bonchev–Trinajstić information content (AvgIpc) is 2.89. The topological polar surface area (TPSA) is 89.3 Å². The molecule has 0 amide bonds. The van der Waals surface area contributed by atoms with Gasteiger partial charge in [-0.15, -0.1) is 0 Å². The Morgan fingerprint density at radius 2 is 1.72 bits per heavy atom.